The molecule has 6 nitrogen and oxygen atoms in total. The van der Waals surface area contributed by atoms with Crippen molar-refractivity contribution in [2.24, 2.45) is 0 Å². The smallest absolute Gasteiger partial charge is 0.135 e. The van der Waals surface area contributed by atoms with E-state index in [1.165, 1.54) is 5.69 Å². The van der Waals surface area contributed by atoms with Crippen LogP contribution in [-0.4, -0.2) is 54.1 Å². The van der Waals surface area contributed by atoms with Crippen molar-refractivity contribution < 1.29 is 0 Å². The fourth-order valence-corrected chi connectivity index (χ4v) is 2.83. The second-order valence-electron chi connectivity index (χ2n) is 6.70. The van der Waals surface area contributed by atoms with Crippen LogP contribution in [0.3, 0.4) is 0 Å². The zero-order chi connectivity index (χ0) is 17.6. The van der Waals surface area contributed by atoms with Gasteiger partial charge in [0.2, 0.25) is 0 Å². The zero-order valence-electron chi connectivity index (χ0n) is 15.4. The normalized spacial score (nSPS) is 16.5. The Labute approximate surface area is 150 Å². The minimum Gasteiger partial charge on any atom is -0.369 e. The van der Waals surface area contributed by atoms with Gasteiger partial charge in [0, 0.05) is 49.7 Å². The summed E-state index contributed by atoms with van der Waals surface area (Å²) in [6, 6.07) is 10.9. The quantitative estimate of drug-likeness (QED) is 0.842. The van der Waals surface area contributed by atoms with Gasteiger partial charge in [-0.05, 0) is 44.7 Å². The molecule has 3 rings (SSSR count). The molecule has 1 aromatic carbocycles. The lowest BCUT2D eigenvalue weighted by molar-refractivity contribution is 0.313. The summed E-state index contributed by atoms with van der Waals surface area (Å²) in [7, 11) is 2.18. The Kier molecular flexibility index (Phi) is 5.71. The lowest BCUT2D eigenvalue weighted by Crippen LogP contribution is -2.44. The van der Waals surface area contributed by atoms with Crippen LogP contribution in [0.25, 0.3) is 0 Å². The Bertz CT molecular complexity index is 664. The molecule has 1 fully saturated rings. The maximum Gasteiger partial charge on any atom is 0.135 e. The standard InChI is InChI=1S/C19H28N6/c1-4-15(2)22-18-13-19(21-14-20-18)23-16-5-7-17(8-6-16)25-11-9-24(3)10-12-25/h5-8,13-15H,4,9-12H2,1-3H3,(H2,20,21,22,23). The molecule has 0 spiro atoms. The van der Waals surface area contributed by atoms with Crippen LogP contribution >= 0.6 is 0 Å². The van der Waals surface area contributed by atoms with Crippen LogP contribution in [-0.2, 0) is 0 Å². The minimum atomic E-state index is 0.394. The van der Waals surface area contributed by atoms with Gasteiger partial charge >= 0.3 is 0 Å². The summed E-state index contributed by atoms with van der Waals surface area (Å²) in [5.41, 5.74) is 2.31. The van der Waals surface area contributed by atoms with E-state index in [1.54, 1.807) is 6.33 Å². The Balaban J connectivity index is 1.62. The van der Waals surface area contributed by atoms with E-state index in [9.17, 15) is 0 Å². The molecule has 2 N–H and O–H groups in total. The van der Waals surface area contributed by atoms with Gasteiger partial charge in [-0.25, -0.2) is 9.97 Å². The first-order valence-corrected chi connectivity index (χ1v) is 9.03. The van der Waals surface area contributed by atoms with Crippen molar-refractivity contribution in [3.05, 3.63) is 36.7 Å². The van der Waals surface area contributed by atoms with Gasteiger partial charge in [0.25, 0.3) is 0 Å². The van der Waals surface area contributed by atoms with Gasteiger partial charge in [-0.1, -0.05) is 6.92 Å². The summed E-state index contributed by atoms with van der Waals surface area (Å²) in [4.78, 5) is 13.4. The molecule has 6 heteroatoms. The van der Waals surface area contributed by atoms with E-state index in [0.717, 1.165) is 49.9 Å². The van der Waals surface area contributed by atoms with E-state index in [1.807, 2.05) is 6.07 Å². The van der Waals surface area contributed by atoms with Crippen molar-refractivity contribution in [3.8, 4) is 0 Å². The maximum atomic E-state index is 4.31. The molecule has 1 aliphatic heterocycles. The van der Waals surface area contributed by atoms with Crippen LogP contribution in [0, 0.1) is 0 Å². The summed E-state index contributed by atoms with van der Waals surface area (Å²) in [6.07, 6.45) is 2.65. The first-order valence-electron chi connectivity index (χ1n) is 9.03. The van der Waals surface area contributed by atoms with Crippen LogP contribution in [0.4, 0.5) is 23.0 Å². The van der Waals surface area contributed by atoms with E-state index in [0.29, 0.717) is 6.04 Å². The Morgan fingerprint density at radius 3 is 2.40 bits per heavy atom. The first-order chi connectivity index (χ1) is 12.1. The molecule has 1 atom stereocenters. The lowest BCUT2D eigenvalue weighted by Gasteiger charge is -2.34. The number of rotatable bonds is 6. The maximum absolute atomic E-state index is 4.31. The lowest BCUT2D eigenvalue weighted by atomic mass is 10.2. The number of benzene rings is 1. The highest BCUT2D eigenvalue weighted by molar-refractivity contribution is 5.62. The molecule has 0 aliphatic carbocycles. The summed E-state index contributed by atoms with van der Waals surface area (Å²) >= 11 is 0. The second kappa shape index (κ2) is 8.16. The second-order valence-corrected chi connectivity index (χ2v) is 6.70. The molecule has 0 saturated carbocycles. The number of nitrogens with one attached hydrogen (secondary N) is 2. The predicted molar refractivity (Wildman–Crippen MR) is 105 cm³/mol. The monoisotopic (exact) mass is 340 g/mol. The molecule has 0 bridgehead atoms. The number of nitrogens with zero attached hydrogens (tertiary/aromatic N) is 4. The molecule has 134 valence electrons. The van der Waals surface area contributed by atoms with Crippen molar-refractivity contribution in [1.82, 2.24) is 14.9 Å². The molecule has 2 aromatic rings. The van der Waals surface area contributed by atoms with Gasteiger partial charge in [0.15, 0.2) is 0 Å². The molecule has 2 heterocycles. The summed E-state index contributed by atoms with van der Waals surface area (Å²) in [6.45, 7) is 8.70. The zero-order valence-corrected chi connectivity index (χ0v) is 15.4. The fourth-order valence-electron chi connectivity index (χ4n) is 2.83. The minimum absolute atomic E-state index is 0.394. The molecule has 0 amide bonds. The molecule has 1 aromatic heterocycles. The van der Waals surface area contributed by atoms with Gasteiger partial charge in [-0.15, -0.1) is 0 Å². The van der Waals surface area contributed by atoms with Crippen molar-refractivity contribution in [3.63, 3.8) is 0 Å². The molecular weight excluding hydrogens is 312 g/mol. The van der Waals surface area contributed by atoms with E-state index in [4.69, 9.17) is 0 Å². The van der Waals surface area contributed by atoms with Gasteiger partial charge in [0.05, 0.1) is 0 Å². The highest BCUT2D eigenvalue weighted by Crippen LogP contribution is 2.22. The molecule has 1 aliphatic rings. The number of aromatic nitrogens is 2. The number of hydrogen-bond donors (Lipinski definition) is 2. The van der Waals surface area contributed by atoms with Crippen LogP contribution < -0.4 is 15.5 Å². The van der Waals surface area contributed by atoms with E-state index >= 15 is 0 Å². The van der Waals surface area contributed by atoms with Crippen LogP contribution in [0.15, 0.2) is 36.7 Å². The van der Waals surface area contributed by atoms with Crippen molar-refractivity contribution in [1.29, 1.82) is 0 Å². The summed E-state index contributed by atoms with van der Waals surface area (Å²) < 4.78 is 0. The van der Waals surface area contributed by atoms with E-state index in [-0.39, 0.29) is 0 Å². The van der Waals surface area contributed by atoms with E-state index in [2.05, 4.69) is 75.6 Å². The van der Waals surface area contributed by atoms with Crippen LogP contribution in [0.1, 0.15) is 20.3 Å². The number of anilines is 4. The third-order valence-electron chi connectivity index (χ3n) is 4.68. The summed E-state index contributed by atoms with van der Waals surface area (Å²) in [5, 5.41) is 6.73. The van der Waals surface area contributed by atoms with Crippen molar-refractivity contribution in [2.45, 2.75) is 26.3 Å². The molecule has 0 radical (unpaired) electrons. The fraction of sp³-hybridized carbons (Fsp3) is 0.474. The first kappa shape index (κ1) is 17.5. The van der Waals surface area contributed by atoms with Crippen molar-refractivity contribution in [2.75, 3.05) is 48.8 Å². The largest absolute Gasteiger partial charge is 0.369 e. The summed E-state index contributed by atoms with van der Waals surface area (Å²) in [5.74, 6) is 1.65. The number of likely N-dealkylation sites (N-methyl/N-ethyl adjacent to an activating group) is 1. The van der Waals surface area contributed by atoms with Gasteiger partial charge < -0.3 is 20.4 Å². The number of piperazine rings is 1. The average Bonchev–Trinajstić information content (AvgIpc) is 2.63. The van der Waals surface area contributed by atoms with Crippen LogP contribution in [0.2, 0.25) is 0 Å². The third-order valence-corrected chi connectivity index (χ3v) is 4.68. The van der Waals surface area contributed by atoms with Crippen molar-refractivity contribution >= 4 is 23.0 Å². The number of hydrogen-bond acceptors (Lipinski definition) is 6. The Morgan fingerprint density at radius 2 is 1.72 bits per heavy atom. The Hall–Kier alpha value is -2.34. The molecular formula is C19H28N6. The Morgan fingerprint density at radius 1 is 1.04 bits per heavy atom. The van der Waals surface area contributed by atoms with Gasteiger partial charge in [0.1, 0.15) is 18.0 Å². The topological polar surface area (TPSA) is 56.3 Å². The average molecular weight is 340 g/mol. The van der Waals surface area contributed by atoms with E-state index < -0.39 is 0 Å². The third kappa shape index (κ3) is 4.82. The highest BCUT2D eigenvalue weighted by atomic mass is 15.2. The van der Waals surface area contributed by atoms with Gasteiger partial charge in [-0.2, -0.15) is 0 Å². The molecule has 1 saturated heterocycles. The van der Waals surface area contributed by atoms with Crippen LogP contribution in [0.5, 0.6) is 0 Å². The predicted octanol–water partition coefficient (Wildman–Crippen LogP) is 3.18. The highest BCUT2D eigenvalue weighted by Gasteiger charge is 2.14. The molecule has 1 unspecified atom stereocenters. The SMILES string of the molecule is CCC(C)Nc1cc(Nc2ccc(N3CCN(C)CC3)cc2)ncn1. The molecule has 25 heavy (non-hydrogen) atoms. The van der Waals surface area contributed by atoms with Gasteiger partial charge in [-0.3, -0.25) is 0 Å².